The number of hydrogen-bond donors (Lipinski definition) is 2. The van der Waals surface area contributed by atoms with Gasteiger partial charge in [0.15, 0.2) is 0 Å². The Balaban J connectivity index is 1.42. The molecule has 12 heteroatoms. The molecule has 4 aromatic rings. The number of urea groups is 1. The first kappa shape index (κ1) is 25.8. The third-order valence-corrected chi connectivity index (χ3v) is 7.51. The number of pyridine rings is 3. The summed E-state index contributed by atoms with van der Waals surface area (Å²) in [6.45, 7) is 4.93. The van der Waals surface area contributed by atoms with Crippen LogP contribution < -0.4 is 15.6 Å². The van der Waals surface area contributed by atoms with E-state index in [2.05, 4.69) is 20.2 Å². The number of carboxylic acids is 1. The number of amides is 2. The van der Waals surface area contributed by atoms with Crippen LogP contribution in [0.25, 0.3) is 16.6 Å². The van der Waals surface area contributed by atoms with Crippen molar-refractivity contribution < 1.29 is 19.4 Å². The van der Waals surface area contributed by atoms with Gasteiger partial charge in [0.2, 0.25) is 5.43 Å². The Kier molecular flexibility index (Phi) is 6.60. The number of ether oxygens (including phenoxy) is 1. The minimum Gasteiger partial charge on any atom is -0.477 e. The zero-order valence-corrected chi connectivity index (χ0v) is 22.3. The highest BCUT2D eigenvalue weighted by molar-refractivity contribution is 6.34. The Hall–Kier alpha value is -4.48. The number of rotatable bonds is 4. The Morgan fingerprint density at radius 3 is 2.62 bits per heavy atom. The lowest BCUT2D eigenvalue weighted by Crippen LogP contribution is -2.43. The molecule has 0 spiro atoms. The van der Waals surface area contributed by atoms with E-state index in [1.807, 2.05) is 19.1 Å². The SMILES string of the molecule is Cc1cc(NC(=O)N2CCOCC2)ncc1-n1cc(C(=O)O)c(=O)c2cc(Cl)c(N3Cc4cccnc4C3)cc21. The molecule has 1 fully saturated rings. The molecule has 2 amide bonds. The molecule has 2 aliphatic rings. The van der Waals surface area contributed by atoms with Crippen LogP contribution in [0.5, 0.6) is 0 Å². The summed E-state index contributed by atoms with van der Waals surface area (Å²) in [5.74, 6) is -0.991. The maximum Gasteiger partial charge on any atom is 0.341 e. The van der Waals surface area contributed by atoms with Crippen LogP contribution in [0.3, 0.4) is 0 Å². The number of nitrogens with zero attached hydrogens (tertiary/aromatic N) is 5. The Labute approximate surface area is 233 Å². The smallest absolute Gasteiger partial charge is 0.341 e. The predicted octanol–water partition coefficient (Wildman–Crippen LogP) is 3.83. The van der Waals surface area contributed by atoms with Gasteiger partial charge in [0.05, 0.1) is 53.6 Å². The monoisotopic (exact) mass is 560 g/mol. The number of nitrogens with one attached hydrogen (secondary N) is 1. The van der Waals surface area contributed by atoms with Crippen molar-refractivity contribution in [3.63, 3.8) is 0 Å². The van der Waals surface area contributed by atoms with Crippen LogP contribution in [0.2, 0.25) is 5.02 Å². The van der Waals surface area contributed by atoms with Crippen molar-refractivity contribution in [1.29, 1.82) is 0 Å². The van der Waals surface area contributed by atoms with Gasteiger partial charge in [0, 0.05) is 37.4 Å². The third-order valence-electron chi connectivity index (χ3n) is 7.21. The second-order valence-corrected chi connectivity index (χ2v) is 10.1. The van der Waals surface area contributed by atoms with Gasteiger partial charge in [0.25, 0.3) is 0 Å². The van der Waals surface area contributed by atoms with Crippen LogP contribution in [0.4, 0.5) is 16.3 Å². The van der Waals surface area contributed by atoms with Gasteiger partial charge in [-0.1, -0.05) is 17.7 Å². The summed E-state index contributed by atoms with van der Waals surface area (Å²) in [6, 6.07) is 8.65. The summed E-state index contributed by atoms with van der Waals surface area (Å²) in [5.41, 5.74) is 3.46. The number of hydrogen-bond acceptors (Lipinski definition) is 7. The molecular formula is C28H25ClN6O5. The maximum atomic E-state index is 13.2. The molecule has 0 unspecified atom stereocenters. The first-order valence-corrected chi connectivity index (χ1v) is 13.1. The van der Waals surface area contributed by atoms with Gasteiger partial charge in [-0.2, -0.15) is 0 Å². The van der Waals surface area contributed by atoms with Gasteiger partial charge in [-0.25, -0.2) is 14.6 Å². The molecule has 0 bridgehead atoms. The second kappa shape index (κ2) is 10.2. The predicted molar refractivity (Wildman–Crippen MR) is 150 cm³/mol. The van der Waals surface area contributed by atoms with Crippen molar-refractivity contribution in [2.75, 3.05) is 36.5 Å². The van der Waals surface area contributed by atoms with Crippen molar-refractivity contribution in [3.05, 3.63) is 86.6 Å². The third kappa shape index (κ3) is 4.63. The Morgan fingerprint density at radius 2 is 1.90 bits per heavy atom. The number of halogens is 1. The quantitative estimate of drug-likeness (QED) is 0.385. The first-order valence-electron chi connectivity index (χ1n) is 12.7. The van der Waals surface area contributed by atoms with Crippen LogP contribution >= 0.6 is 11.6 Å². The van der Waals surface area contributed by atoms with E-state index in [9.17, 15) is 19.5 Å². The van der Waals surface area contributed by atoms with Crippen LogP contribution in [0, 0.1) is 6.92 Å². The molecule has 0 saturated carbocycles. The Morgan fingerprint density at radius 1 is 1.10 bits per heavy atom. The van der Waals surface area contributed by atoms with Gasteiger partial charge in [-0.3, -0.25) is 15.1 Å². The highest BCUT2D eigenvalue weighted by atomic mass is 35.5. The number of aromatic carboxylic acids is 1. The summed E-state index contributed by atoms with van der Waals surface area (Å²) in [4.78, 5) is 50.4. The summed E-state index contributed by atoms with van der Waals surface area (Å²) in [7, 11) is 0. The molecule has 2 N–H and O–H groups in total. The molecule has 6 rings (SSSR count). The van der Waals surface area contributed by atoms with Gasteiger partial charge in [-0.05, 0) is 42.3 Å². The zero-order valence-electron chi connectivity index (χ0n) is 21.6. The maximum absolute atomic E-state index is 13.2. The number of carbonyl (C=O) groups is 2. The molecule has 0 aliphatic carbocycles. The number of morpholine rings is 1. The molecule has 40 heavy (non-hydrogen) atoms. The van der Waals surface area contributed by atoms with E-state index in [1.54, 1.807) is 34.0 Å². The topological polar surface area (TPSA) is 130 Å². The van der Waals surface area contributed by atoms with E-state index < -0.39 is 17.0 Å². The summed E-state index contributed by atoms with van der Waals surface area (Å²) in [6.07, 6.45) is 4.60. The van der Waals surface area contributed by atoms with Gasteiger partial charge >= 0.3 is 12.0 Å². The van der Waals surface area contributed by atoms with Gasteiger partial charge in [-0.15, -0.1) is 0 Å². The summed E-state index contributed by atoms with van der Waals surface area (Å²) < 4.78 is 6.94. The highest BCUT2D eigenvalue weighted by Crippen LogP contribution is 2.36. The average molecular weight is 561 g/mol. The van der Waals surface area contributed by atoms with Crippen molar-refractivity contribution in [2.45, 2.75) is 20.0 Å². The molecule has 5 heterocycles. The minimum atomic E-state index is -1.35. The van der Waals surface area contributed by atoms with E-state index in [0.717, 1.165) is 11.3 Å². The van der Waals surface area contributed by atoms with E-state index in [4.69, 9.17) is 16.3 Å². The average Bonchev–Trinajstić information content (AvgIpc) is 3.38. The van der Waals surface area contributed by atoms with E-state index >= 15 is 0 Å². The number of carbonyl (C=O) groups excluding carboxylic acids is 1. The molecule has 2 aliphatic heterocycles. The van der Waals surface area contributed by atoms with Crippen molar-refractivity contribution in [3.8, 4) is 5.69 Å². The van der Waals surface area contributed by atoms with Crippen molar-refractivity contribution in [2.24, 2.45) is 0 Å². The minimum absolute atomic E-state index is 0.174. The number of aromatic nitrogens is 3. The molecule has 11 nitrogen and oxygen atoms in total. The lowest BCUT2D eigenvalue weighted by molar-refractivity contribution is 0.0564. The number of anilines is 2. The molecule has 1 aromatic carbocycles. The molecular weight excluding hydrogens is 536 g/mol. The summed E-state index contributed by atoms with van der Waals surface area (Å²) in [5, 5.41) is 13.1. The normalized spacial score (nSPS) is 14.8. The number of carboxylic acid groups (broad SMARTS) is 1. The van der Waals surface area contributed by atoms with E-state index in [0.29, 0.717) is 72.7 Å². The lowest BCUT2D eigenvalue weighted by Gasteiger charge is -2.26. The highest BCUT2D eigenvalue weighted by Gasteiger charge is 2.25. The van der Waals surface area contributed by atoms with E-state index in [1.165, 1.54) is 12.3 Å². The van der Waals surface area contributed by atoms with Crippen molar-refractivity contribution in [1.82, 2.24) is 19.4 Å². The lowest BCUT2D eigenvalue weighted by atomic mass is 10.1. The fraction of sp³-hybridized carbons (Fsp3) is 0.250. The van der Waals surface area contributed by atoms with Crippen LogP contribution in [0.15, 0.2) is 53.7 Å². The standard InChI is InChI=1S/C28H25ClN6O5/c1-16-9-25(32-28(39)33-5-7-40-8-6-33)31-12-24(16)35-14-19(27(37)38)26(36)18-10-20(29)23(11-22(18)35)34-13-17-3-2-4-30-21(17)15-34/h2-4,9-12,14H,5-8,13,15H2,1H3,(H,37,38)(H,31,32,39). The molecule has 0 atom stereocenters. The number of fused-ring (bicyclic) bond motifs is 2. The molecule has 204 valence electrons. The number of benzene rings is 1. The van der Waals surface area contributed by atoms with Crippen LogP contribution in [0.1, 0.15) is 27.2 Å². The van der Waals surface area contributed by atoms with Crippen LogP contribution in [-0.4, -0.2) is 62.8 Å². The van der Waals surface area contributed by atoms with Gasteiger partial charge in [0.1, 0.15) is 11.4 Å². The molecule has 1 saturated heterocycles. The van der Waals surface area contributed by atoms with Gasteiger partial charge < -0.3 is 24.2 Å². The van der Waals surface area contributed by atoms with Crippen LogP contribution in [-0.2, 0) is 17.8 Å². The Bertz CT molecular complexity index is 1710. The fourth-order valence-electron chi connectivity index (χ4n) is 5.12. The molecule has 3 aromatic heterocycles. The summed E-state index contributed by atoms with van der Waals surface area (Å²) >= 11 is 6.67. The second-order valence-electron chi connectivity index (χ2n) is 9.72. The van der Waals surface area contributed by atoms with E-state index in [-0.39, 0.29) is 11.4 Å². The molecule has 0 radical (unpaired) electrons. The first-order chi connectivity index (χ1) is 19.3. The number of aryl methyl sites for hydroxylation is 1. The zero-order chi connectivity index (χ0) is 28.0. The fourth-order valence-corrected chi connectivity index (χ4v) is 5.41. The van der Waals surface area contributed by atoms with Crippen molar-refractivity contribution >= 4 is 46.0 Å². The largest absolute Gasteiger partial charge is 0.477 e.